The lowest BCUT2D eigenvalue weighted by Crippen LogP contribution is -2.03. The van der Waals surface area contributed by atoms with Gasteiger partial charge in [0.15, 0.2) is 0 Å². The van der Waals surface area contributed by atoms with Crippen molar-refractivity contribution in [1.29, 1.82) is 0 Å². The number of rotatable bonds is 7. The lowest BCUT2D eigenvalue weighted by molar-refractivity contribution is 0.306. The lowest BCUT2D eigenvalue weighted by Gasteiger charge is -2.13. The van der Waals surface area contributed by atoms with Gasteiger partial charge in [-0.2, -0.15) is 0 Å². The summed E-state index contributed by atoms with van der Waals surface area (Å²) in [6, 6.07) is 24.2. The Hall–Kier alpha value is -3.15. The molecule has 0 atom stereocenters. The molecule has 6 heteroatoms. The van der Waals surface area contributed by atoms with Crippen LogP contribution in [0.1, 0.15) is 30.9 Å². The molecule has 0 unspecified atom stereocenters. The molecular formula is C27H23ClO4S. The average molecular weight is 479 g/mol. The first-order valence-electron chi connectivity index (χ1n) is 10.5. The van der Waals surface area contributed by atoms with E-state index in [0.717, 1.165) is 16.0 Å². The van der Waals surface area contributed by atoms with Gasteiger partial charge < -0.3 is 14.3 Å². The molecule has 0 spiro atoms. The van der Waals surface area contributed by atoms with Gasteiger partial charge in [0.25, 0.3) is 0 Å². The van der Waals surface area contributed by atoms with Crippen LogP contribution in [0.15, 0.2) is 97.9 Å². The van der Waals surface area contributed by atoms with Crippen molar-refractivity contribution >= 4 is 23.4 Å². The molecule has 0 aliphatic rings. The maximum absolute atomic E-state index is 12.7. The summed E-state index contributed by atoms with van der Waals surface area (Å²) in [5, 5.41) is 11.0. The van der Waals surface area contributed by atoms with Gasteiger partial charge in [-0.1, -0.05) is 85.7 Å². The summed E-state index contributed by atoms with van der Waals surface area (Å²) in [6.07, 6.45) is 0. The van der Waals surface area contributed by atoms with Gasteiger partial charge in [-0.3, -0.25) is 0 Å². The third kappa shape index (κ3) is 5.44. The summed E-state index contributed by atoms with van der Waals surface area (Å²) in [6.45, 7) is 4.56. The maximum atomic E-state index is 12.7. The summed E-state index contributed by atoms with van der Waals surface area (Å²) >= 11 is 7.61. The van der Waals surface area contributed by atoms with E-state index < -0.39 is 5.63 Å². The Labute approximate surface area is 201 Å². The van der Waals surface area contributed by atoms with Gasteiger partial charge >= 0.3 is 5.63 Å². The molecule has 4 rings (SSSR count). The Kier molecular flexibility index (Phi) is 7.11. The maximum Gasteiger partial charge on any atom is 0.354 e. The van der Waals surface area contributed by atoms with E-state index in [9.17, 15) is 9.90 Å². The molecule has 168 valence electrons. The zero-order chi connectivity index (χ0) is 23.4. The minimum absolute atomic E-state index is 0.134. The molecule has 0 aliphatic heterocycles. The fourth-order valence-electron chi connectivity index (χ4n) is 3.37. The quantitative estimate of drug-likeness (QED) is 0.297. The Morgan fingerprint density at radius 1 is 1.00 bits per heavy atom. The Balaban J connectivity index is 1.57. The van der Waals surface area contributed by atoms with Gasteiger partial charge in [0.1, 0.15) is 28.8 Å². The summed E-state index contributed by atoms with van der Waals surface area (Å²) in [4.78, 5) is 13.8. The summed E-state index contributed by atoms with van der Waals surface area (Å²) in [5.74, 6) is 0.904. The van der Waals surface area contributed by atoms with Crippen LogP contribution in [0, 0.1) is 0 Å². The normalized spacial score (nSPS) is 11.0. The number of benzene rings is 3. The smallest absolute Gasteiger partial charge is 0.354 e. The molecule has 1 heterocycles. The number of hydrogen-bond acceptors (Lipinski definition) is 5. The zero-order valence-electron chi connectivity index (χ0n) is 18.2. The highest BCUT2D eigenvalue weighted by Gasteiger charge is 2.17. The Bertz CT molecular complexity index is 1320. The van der Waals surface area contributed by atoms with Crippen LogP contribution in [0.3, 0.4) is 0 Å². The van der Waals surface area contributed by atoms with Crippen LogP contribution in [0.4, 0.5) is 0 Å². The van der Waals surface area contributed by atoms with Gasteiger partial charge in [-0.05, 0) is 41.3 Å². The first-order valence-corrected chi connectivity index (χ1v) is 11.7. The molecule has 1 aromatic heterocycles. The van der Waals surface area contributed by atoms with Gasteiger partial charge in [0.05, 0.1) is 5.02 Å². The topological polar surface area (TPSA) is 59.7 Å². The fourth-order valence-corrected chi connectivity index (χ4v) is 4.68. The molecule has 0 saturated heterocycles. The highest BCUT2D eigenvalue weighted by molar-refractivity contribution is 7.99. The van der Waals surface area contributed by atoms with E-state index in [-0.39, 0.29) is 22.3 Å². The average Bonchev–Trinajstić information content (AvgIpc) is 2.81. The molecule has 0 bridgehead atoms. The molecular weight excluding hydrogens is 456 g/mol. The first-order chi connectivity index (χ1) is 15.9. The SMILES string of the molecule is CC(C)c1ccccc1Sc1c(O)cc(-c2ccc(OCc3ccccc3)c(Cl)c2)oc1=O. The first kappa shape index (κ1) is 23.0. The van der Waals surface area contributed by atoms with Gasteiger partial charge in [-0.15, -0.1) is 0 Å². The second kappa shape index (κ2) is 10.2. The molecule has 33 heavy (non-hydrogen) atoms. The van der Waals surface area contributed by atoms with Gasteiger partial charge in [0, 0.05) is 16.5 Å². The zero-order valence-corrected chi connectivity index (χ0v) is 19.8. The third-order valence-electron chi connectivity index (χ3n) is 5.10. The molecule has 0 aliphatic carbocycles. The lowest BCUT2D eigenvalue weighted by atomic mass is 10.0. The highest BCUT2D eigenvalue weighted by Crippen LogP contribution is 2.38. The predicted octanol–water partition coefficient (Wildman–Crippen LogP) is 7.52. The van der Waals surface area contributed by atoms with Gasteiger partial charge in [-0.25, -0.2) is 4.79 Å². The van der Waals surface area contributed by atoms with Crippen molar-refractivity contribution in [1.82, 2.24) is 0 Å². The van der Waals surface area contributed by atoms with Crippen LogP contribution in [-0.4, -0.2) is 5.11 Å². The van der Waals surface area contributed by atoms with Crippen molar-refractivity contribution in [2.45, 2.75) is 36.2 Å². The summed E-state index contributed by atoms with van der Waals surface area (Å²) in [5.41, 5.74) is 2.09. The van der Waals surface area contributed by atoms with E-state index in [4.69, 9.17) is 20.8 Å². The van der Waals surface area contributed by atoms with Crippen LogP contribution in [-0.2, 0) is 6.61 Å². The molecule has 1 N–H and O–H groups in total. The van der Waals surface area contributed by atoms with Crippen LogP contribution >= 0.6 is 23.4 Å². The minimum atomic E-state index is -0.603. The van der Waals surface area contributed by atoms with E-state index in [1.807, 2.05) is 54.6 Å². The van der Waals surface area contributed by atoms with Crippen LogP contribution < -0.4 is 10.4 Å². The van der Waals surface area contributed by atoms with Crippen molar-refractivity contribution in [3.05, 3.63) is 105 Å². The Morgan fingerprint density at radius 2 is 1.73 bits per heavy atom. The summed E-state index contributed by atoms with van der Waals surface area (Å²) in [7, 11) is 0. The van der Waals surface area contributed by atoms with E-state index in [0.29, 0.717) is 22.9 Å². The van der Waals surface area contributed by atoms with Crippen LogP contribution in [0.25, 0.3) is 11.3 Å². The van der Waals surface area contributed by atoms with Crippen molar-refractivity contribution in [3.63, 3.8) is 0 Å². The predicted molar refractivity (Wildman–Crippen MR) is 133 cm³/mol. The van der Waals surface area contributed by atoms with Crippen molar-refractivity contribution in [2.75, 3.05) is 0 Å². The molecule has 0 saturated carbocycles. The molecule has 0 radical (unpaired) electrons. The van der Waals surface area contributed by atoms with Gasteiger partial charge in [0.2, 0.25) is 0 Å². The van der Waals surface area contributed by atoms with E-state index in [1.54, 1.807) is 18.2 Å². The minimum Gasteiger partial charge on any atom is -0.506 e. The molecule has 4 aromatic rings. The number of hydrogen-bond donors (Lipinski definition) is 1. The summed E-state index contributed by atoms with van der Waals surface area (Å²) < 4.78 is 11.3. The standard InChI is InChI=1S/C27H23ClO4S/c1-17(2)20-10-6-7-11-25(20)33-26-22(29)15-24(32-27(26)30)19-12-13-23(21(28)14-19)31-16-18-8-4-3-5-9-18/h3-15,17,29H,16H2,1-2H3. The largest absolute Gasteiger partial charge is 0.506 e. The van der Waals surface area contributed by atoms with E-state index in [2.05, 4.69) is 13.8 Å². The molecule has 4 nitrogen and oxygen atoms in total. The van der Waals surface area contributed by atoms with Crippen molar-refractivity contribution in [3.8, 4) is 22.8 Å². The molecule has 0 fully saturated rings. The number of aromatic hydroxyl groups is 1. The van der Waals surface area contributed by atoms with Crippen molar-refractivity contribution in [2.24, 2.45) is 0 Å². The molecule has 0 amide bonds. The fraction of sp³-hybridized carbons (Fsp3) is 0.148. The third-order valence-corrected chi connectivity index (χ3v) is 6.56. The number of halogens is 1. The highest BCUT2D eigenvalue weighted by atomic mass is 35.5. The van der Waals surface area contributed by atoms with Crippen molar-refractivity contribution < 1.29 is 14.3 Å². The number of ether oxygens (including phenoxy) is 1. The van der Waals surface area contributed by atoms with Crippen LogP contribution in [0.2, 0.25) is 5.02 Å². The van der Waals surface area contributed by atoms with E-state index >= 15 is 0 Å². The molecule has 3 aromatic carbocycles. The Morgan fingerprint density at radius 3 is 2.42 bits per heavy atom. The second-order valence-corrected chi connectivity index (χ2v) is 9.29. The van der Waals surface area contributed by atoms with Crippen LogP contribution in [0.5, 0.6) is 11.5 Å². The monoisotopic (exact) mass is 478 g/mol. The van der Waals surface area contributed by atoms with E-state index in [1.165, 1.54) is 17.8 Å². The second-order valence-electron chi connectivity index (χ2n) is 7.83.